The van der Waals surface area contributed by atoms with E-state index in [1.54, 1.807) is 0 Å². The van der Waals surface area contributed by atoms with Gasteiger partial charge in [-0.3, -0.25) is 4.79 Å². The fourth-order valence-electron chi connectivity index (χ4n) is 2.06. The fourth-order valence-corrected chi connectivity index (χ4v) is 2.06. The average Bonchev–Trinajstić information content (AvgIpc) is 2.52. The van der Waals surface area contributed by atoms with E-state index >= 15 is 0 Å². The monoisotopic (exact) mass is 345 g/mol. The normalized spacial score (nSPS) is 11.4. The Bertz CT molecular complexity index is 716. The summed E-state index contributed by atoms with van der Waals surface area (Å²) in [4.78, 5) is 12.0. The van der Waals surface area contributed by atoms with Crippen molar-refractivity contribution in [2.75, 3.05) is 0 Å². The Labute approximate surface area is 134 Å². The third-order valence-electron chi connectivity index (χ3n) is 3.11. The maximum Gasteiger partial charge on any atom is 0.417 e. The summed E-state index contributed by atoms with van der Waals surface area (Å²) in [5, 5.41) is 2.28. The zero-order valence-corrected chi connectivity index (χ0v) is 12.1. The van der Waals surface area contributed by atoms with Gasteiger partial charge in [-0.15, -0.1) is 0 Å². The molecule has 0 fully saturated rings. The largest absolute Gasteiger partial charge is 0.434 e. The number of hydrogen-bond donors (Lipinski definition) is 1. The van der Waals surface area contributed by atoms with Crippen molar-refractivity contribution in [2.45, 2.75) is 19.3 Å². The zero-order chi connectivity index (χ0) is 17.7. The standard InChI is InChI=1S/C16H12F5NO2/c17-15(18)24-13-8-4-1-5-10(13)9-22-14(23)11-6-2-3-7-12(11)16(19,20)21/h1-8,15H,9H2,(H,22,23). The van der Waals surface area contributed by atoms with Gasteiger partial charge in [0, 0.05) is 12.1 Å². The molecule has 0 heterocycles. The van der Waals surface area contributed by atoms with Crippen LogP contribution in [0.15, 0.2) is 48.5 Å². The number of para-hydroxylation sites is 1. The number of nitrogens with one attached hydrogen (secondary N) is 1. The van der Waals surface area contributed by atoms with E-state index in [0.717, 1.165) is 12.1 Å². The Kier molecular flexibility index (Phi) is 5.38. The van der Waals surface area contributed by atoms with E-state index in [0.29, 0.717) is 0 Å². The molecule has 2 aromatic carbocycles. The Hall–Kier alpha value is -2.64. The molecule has 3 nitrogen and oxygen atoms in total. The topological polar surface area (TPSA) is 38.3 Å². The van der Waals surface area contributed by atoms with Crippen LogP contribution >= 0.6 is 0 Å². The molecule has 24 heavy (non-hydrogen) atoms. The van der Waals surface area contributed by atoms with Crippen LogP contribution in [0.3, 0.4) is 0 Å². The summed E-state index contributed by atoms with van der Waals surface area (Å²) < 4.78 is 67.6. The predicted octanol–water partition coefficient (Wildman–Crippen LogP) is 4.24. The molecule has 8 heteroatoms. The first kappa shape index (κ1) is 17.7. The number of hydrogen-bond acceptors (Lipinski definition) is 2. The van der Waals surface area contributed by atoms with E-state index < -0.39 is 29.8 Å². The van der Waals surface area contributed by atoms with E-state index in [4.69, 9.17) is 0 Å². The highest BCUT2D eigenvalue weighted by molar-refractivity contribution is 5.95. The van der Waals surface area contributed by atoms with Gasteiger partial charge < -0.3 is 10.1 Å². The van der Waals surface area contributed by atoms with Gasteiger partial charge in [0.25, 0.3) is 5.91 Å². The average molecular weight is 345 g/mol. The summed E-state index contributed by atoms with van der Waals surface area (Å²) in [5.41, 5.74) is -1.40. The highest BCUT2D eigenvalue weighted by atomic mass is 19.4. The lowest BCUT2D eigenvalue weighted by Crippen LogP contribution is -2.26. The second-order valence-corrected chi connectivity index (χ2v) is 4.71. The van der Waals surface area contributed by atoms with Gasteiger partial charge in [-0.05, 0) is 18.2 Å². The van der Waals surface area contributed by atoms with Crippen molar-refractivity contribution in [1.82, 2.24) is 5.32 Å². The SMILES string of the molecule is O=C(NCc1ccccc1OC(F)F)c1ccccc1C(F)(F)F. The molecule has 128 valence electrons. The molecule has 0 aromatic heterocycles. The van der Waals surface area contributed by atoms with E-state index in [9.17, 15) is 26.7 Å². The number of carbonyl (C=O) groups is 1. The van der Waals surface area contributed by atoms with Gasteiger partial charge in [-0.1, -0.05) is 30.3 Å². The third-order valence-corrected chi connectivity index (χ3v) is 3.11. The lowest BCUT2D eigenvalue weighted by molar-refractivity contribution is -0.137. The molecule has 0 unspecified atom stereocenters. The molecule has 0 saturated carbocycles. The molecule has 0 radical (unpaired) electrons. The molecule has 1 amide bonds. The fraction of sp³-hybridized carbons (Fsp3) is 0.188. The summed E-state index contributed by atoms with van der Waals surface area (Å²) in [6.07, 6.45) is -4.68. The van der Waals surface area contributed by atoms with Gasteiger partial charge in [0.15, 0.2) is 0 Å². The highest BCUT2D eigenvalue weighted by Gasteiger charge is 2.34. The highest BCUT2D eigenvalue weighted by Crippen LogP contribution is 2.31. The Morgan fingerprint density at radius 3 is 2.33 bits per heavy atom. The van der Waals surface area contributed by atoms with Crippen molar-refractivity contribution >= 4 is 5.91 Å². The van der Waals surface area contributed by atoms with Crippen LogP contribution < -0.4 is 10.1 Å². The molecule has 1 N–H and O–H groups in total. The van der Waals surface area contributed by atoms with Gasteiger partial charge in [0.05, 0.1) is 11.1 Å². The van der Waals surface area contributed by atoms with Crippen LogP contribution in [0.25, 0.3) is 0 Å². The molecule has 2 rings (SSSR count). The van der Waals surface area contributed by atoms with Gasteiger partial charge in [-0.2, -0.15) is 22.0 Å². The number of benzene rings is 2. The van der Waals surface area contributed by atoms with Crippen LogP contribution in [0.2, 0.25) is 0 Å². The zero-order valence-electron chi connectivity index (χ0n) is 12.1. The van der Waals surface area contributed by atoms with Crippen LogP contribution in [-0.2, 0) is 12.7 Å². The molecule has 0 atom stereocenters. The molecular formula is C16H12F5NO2. The van der Waals surface area contributed by atoms with Crippen molar-refractivity contribution in [3.8, 4) is 5.75 Å². The second-order valence-electron chi connectivity index (χ2n) is 4.71. The van der Waals surface area contributed by atoms with Gasteiger partial charge >= 0.3 is 12.8 Å². The van der Waals surface area contributed by atoms with E-state index in [-0.39, 0.29) is 17.9 Å². The first-order valence-corrected chi connectivity index (χ1v) is 6.76. The quantitative estimate of drug-likeness (QED) is 0.824. The minimum Gasteiger partial charge on any atom is -0.434 e. The number of halogens is 5. The van der Waals surface area contributed by atoms with Crippen molar-refractivity contribution in [3.63, 3.8) is 0 Å². The molecule has 0 aliphatic carbocycles. The Morgan fingerprint density at radius 1 is 1.04 bits per heavy atom. The smallest absolute Gasteiger partial charge is 0.417 e. The molecule has 0 aliphatic heterocycles. The minimum absolute atomic E-state index is 0.156. The van der Waals surface area contributed by atoms with Crippen molar-refractivity contribution < 1.29 is 31.5 Å². The van der Waals surface area contributed by atoms with Crippen molar-refractivity contribution in [3.05, 3.63) is 65.2 Å². The molecule has 2 aromatic rings. The van der Waals surface area contributed by atoms with Crippen LogP contribution in [0.4, 0.5) is 22.0 Å². The lowest BCUT2D eigenvalue weighted by atomic mass is 10.1. The molecule has 0 bridgehead atoms. The second kappa shape index (κ2) is 7.29. The number of carbonyl (C=O) groups excluding carboxylic acids is 1. The molecule has 0 spiro atoms. The maximum absolute atomic E-state index is 12.9. The summed E-state index contributed by atoms with van der Waals surface area (Å²) in [7, 11) is 0. The Balaban J connectivity index is 2.16. The van der Waals surface area contributed by atoms with Crippen LogP contribution in [0.1, 0.15) is 21.5 Å². The number of alkyl halides is 5. The number of amides is 1. The van der Waals surface area contributed by atoms with E-state index in [2.05, 4.69) is 10.1 Å². The summed E-state index contributed by atoms with van der Waals surface area (Å²) in [6.45, 7) is -3.30. The summed E-state index contributed by atoms with van der Waals surface area (Å²) in [6, 6.07) is 10.0. The molecular weight excluding hydrogens is 333 g/mol. The lowest BCUT2D eigenvalue weighted by Gasteiger charge is -2.14. The summed E-state index contributed by atoms with van der Waals surface area (Å²) >= 11 is 0. The van der Waals surface area contributed by atoms with Crippen molar-refractivity contribution in [1.29, 1.82) is 0 Å². The van der Waals surface area contributed by atoms with Crippen LogP contribution in [0, 0.1) is 0 Å². The number of rotatable bonds is 5. The Morgan fingerprint density at radius 2 is 1.67 bits per heavy atom. The third kappa shape index (κ3) is 4.43. The summed E-state index contributed by atoms with van der Waals surface area (Å²) in [5.74, 6) is -1.12. The predicted molar refractivity (Wildman–Crippen MR) is 75.7 cm³/mol. The molecule has 0 aliphatic rings. The first-order valence-electron chi connectivity index (χ1n) is 6.76. The van der Waals surface area contributed by atoms with Crippen LogP contribution in [0.5, 0.6) is 5.75 Å². The van der Waals surface area contributed by atoms with E-state index in [1.807, 2.05) is 0 Å². The van der Waals surface area contributed by atoms with Gasteiger partial charge in [0.1, 0.15) is 5.75 Å². The van der Waals surface area contributed by atoms with Gasteiger partial charge in [-0.25, -0.2) is 0 Å². The first-order chi connectivity index (χ1) is 11.3. The minimum atomic E-state index is -4.68. The van der Waals surface area contributed by atoms with Crippen molar-refractivity contribution in [2.24, 2.45) is 0 Å². The van der Waals surface area contributed by atoms with Crippen LogP contribution in [-0.4, -0.2) is 12.5 Å². The van der Waals surface area contributed by atoms with E-state index in [1.165, 1.54) is 36.4 Å². The number of ether oxygens (including phenoxy) is 1. The molecule has 0 saturated heterocycles. The maximum atomic E-state index is 12.9. The van der Waals surface area contributed by atoms with Gasteiger partial charge in [0.2, 0.25) is 0 Å².